The van der Waals surface area contributed by atoms with E-state index in [0.29, 0.717) is 5.56 Å². The van der Waals surface area contributed by atoms with Gasteiger partial charge in [0.1, 0.15) is 5.82 Å². The van der Waals surface area contributed by atoms with Gasteiger partial charge < -0.3 is 0 Å². The summed E-state index contributed by atoms with van der Waals surface area (Å²) >= 11 is 7.06. The van der Waals surface area contributed by atoms with Crippen LogP contribution in [0.3, 0.4) is 0 Å². The van der Waals surface area contributed by atoms with E-state index in [-0.39, 0.29) is 10.6 Å². The summed E-state index contributed by atoms with van der Waals surface area (Å²) in [6.45, 7) is 0. The molecule has 3 rings (SSSR count). The fourth-order valence-corrected chi connectivity index (χ4v) is 3.81. The molecule has 0 nitrogen and oxygen atoms in total. The van der Waals surface area contributed by atoms with Gasteiger partial charge in [-0.25, -0.2) is 4.39 Å². The molecule has 0 saturated carbocycles. The Hall–Kier alpha value is -0.670. The standard InChI is InChI=1S/C17H15Br2F/c18-14-7-8-16(20)15(10-14)17(19)13-6-5-11-3-1-2-4-12(11)9-13/h5-10,17H,1-4H2. The molecule has 1 atom stereocenters. The Balaban J connectivity index is 1.97. The molecule has 1 aliphatic carbocycles. The normalized spacial score (nSPS) is 15.8. The Morgan fingerprint density at radius 1 is 0.950 bits per heavy atom. The zero-order chi connectivity index (χ0) is 14.1. The van der Waals surface area contributed by atoms with E-state index in [9.17, 15) is 4.39 Å². The van der Waals surface area contributed by atoms with Crippen LogP contribution < -0.4 is 0 Å². The van der Waals surface area contributed by atoms with E-state index < -0.39 is 0 Å². The number of fused-ring (bicyclic) bond motifs is 1. The number of halogens is 3. The number of hydrogen-bond donors (Lipinski definition) is 0. The maximum Gasteiger partial charge on any atom is 0.127 e. The zero-order valence-corrected chi connectivity index (χ0v) is 14.2. The predicted octanol–water partition coefficient (Wildman–Crippen LogP) is 5.95. The van der Waals surface area contributed by atoms with Crippen molar-refractivity contribution in [2.75, 3.05) is 0 Å². The van der Waals surface area contributed by atoms with Gasteiger partial charge in [0.15, 0.2) is 0 Å². The van der Waals surface area contributed by atoms with Gasteiger partial charge in [-0.3, -0.25) is 0 Å². The first-order valence-corrected chi connectivity index (χ1v) is 8.57. The second-order valence-electron chi connectivity index (χ2n) is 5.26. The molecule has 20 heavy (non-hydrogen) atoms. The van der Waals surface area contributed by atoms with Crippen LogP contribution in [-0.2, 0) is 12.8 Å². The average molecular weight is 398 g/mol. The molecule has 0 N–H and O–H groups in total. The van der Waals surface area contributed by atoms with Crippen LogP contribution in [0.25, 0.3) is 0 Å². The third-order valence-electron chi connectivity index (χ3n) is 3.90. The van der Waals surface area contributed by atoms with Gasteiger partial charge in [-0.2, -0.15) is 0 Å². The highest BCUT2D eigenvalue weighted by Crippen LogP contribution is 2.35. The number of benzene rings is 2. The number of rotatable bonds is 2. The summed E-state index contributed by atoms with van der Waals surface area (Å²) < 4.78 is 14.9. The van der Waals surface area contributed by atoms with Crippen molar-refractivity contribution in [2.24, 2.45) is 0 Å². The Morgan fingerprint density at radius 3 is 2.50 bits per heavy atom. The predicted molar refractivity (Wildman–Crippen MR) is 88.0 cm³/mol. The summed E-state index contributed by atoms with van der Waals surface area (Å²) in [6, 6.07) is 11.6. The summed E-state index contributed by atoms with van der Waals surface area (Å²) in [5, 5.41) is 0. The van der Waals surface area contributed by atoms with Gasteiger partial charge in [-0.1, -0.05) is 50.1 Å². The summed E-state index contributed by atoms with van der Waals surface area (Å²) in [4.78, 5) is -0.104. The molecule has 0 aliphatic heterocycles. The van der Waals surface area contributed by atoms with Gasteiger partial charge in [0, 0.05) is 10.0 Å². The molecule has 0 spiro atoms. The summed E-state index contributed by atoms with van der Waals surface area (Å²) in [7, 11) is 0. The molecule has 0 amide bonds. The van der Waals surface area contributed by atoms with Crippen molar-refractivity contribution in [2.45, 2.75) is 30.5 Å². The first-order valence-electron chi connectivity index (χ1n) is 6.86. The fourth-order valence-electron chi connectivity index (χ4n) is 2.80. The molecule has 104 valence electrons. The van der Waals surface area contributed by atoms with Crippen molar-refractivity contribution >= 4 is 31.9 Å². The first-order chi connectivity index (χ1) is 9.65. The number of alkyl halides is 1. The van der Waals surface area contributed by atoms with Crippen LogP contribution >= 0.6 is 31.9 Å². The van der Waals surface area contributed by atoms with Crippen molar-refractivity contribution in [3.8, 4) is 0 Å². The lowest BCUT2D eigenvalue weighted by Crippen LogP contribution is -2.04. The van der Waals surface area contributed by atoms with Crippen LogP contribution in [0.15, 0.2) is 40.9 Å². The molecule has 2 aromatic carbocycles. The van der Waals surface area contributed by atoms with Gasteiger partial charge in [-0.05, 0) is 60.6 Å². The minimum Gasteiger partial charge on any atom is -0.207 e. The maximum absolute atomic E-state index is 14.0. The molecule has 3 heteroatoms. The Bertz CT molecular complexity index is 637. The minimum absolute atomic E-state index is 0.104. The van der Waals surface area contributed by atoms with Gasteiger partial charge in [-0.15, -0.1) is 0 Å². The second kappa shape index (κ2) is 5.98. The van der Waals surface area contributed by atoms with E-state index in [0.717, 1.165) is 16.5 Å². The van der Waals surface area contributed by atoms with Crippen molar-refractivity contribution in [1.29, 1.82) is 0 Å². The lowest BCUT2D eigenvalue weighted by Gasteiger charge is -2.19. The first kappa shape index (κ1) is 14.3. The highest BCUT2D eigenvalue weighted by atomic mass is 79.9. The molecular formula is C17H15Br2F. The number of hydrogen-bond acceptors (Lipinski definition) is 0. The van der Waals surface area contributed by atoms with Crippen molar-refractivity contribution in [1.82, 2.24) is 0 Å². The second-order valence-corrected chi connectivity index (χ2v) is 7.09. The van der Waals surface area contributed by atoms with E-state index in [2.05, 4.69) is 50.1 Å². The number of aryl methyl sites for hydroxylation is 2. The van der Waals surface area contributed by atoms with E-state index in [4.69, 9.17) is 0 Å². The maximum atomic E-state index is 14.0. The van der Waals surface area contributed by atoms with Crippen LogP contribution in [-0.4, -0.2) is 0 Å². The highest BCUT2D eigenvalue weighted by molar-refractivity contribution is 9.10. The van der Waals surface area contributed by atoms with Gasteiger partial charge in [0.25, 0.3) is 0 Å². The molecular weight excluding hydrogens is 383 g/mol. The Morgan fingerprint density at radius 2 is 1.70 bits per heavy atom. The van der Waals surface area contributed by atoms with Crippen LogP contribution in [0.1, 0.15) is 39.9 Å². The molecule has 0 fully saturated rings. The largest absolute Gasteiger partial charge is 0.207 e. The topological polar surface area (TPSA) is 0 Å². The molecule has 2 aromatic rings. The van der Waals surface area contributed by atoms with Crippen LogP contribution in [0.5, 0.6) is 0 Å². The molecule has 0 aromatic heterocycles. The van der Waals surface area contributed by atoms with Crippen LogP contribution in [0.2, 0.25) is 0 Å². The zero-order valence-electron chi connectivity index (χ0n) is 11.0. The van der Waals surface area contributed by atoms with Crippen LogP contribution in [0, 0.1) is 5.82 Å². The Kier molecular flexibility index (Phi) is 4.27. The van der Waals surface area contributed by atoms with Gasteiger partial charge in [0.05, 0.1) is 4.83 Å². The molecule has 1 unspecified atom stereocenters. The van der Waals surface area contributed by atoms with E-state index in [1.54, 1.807) is 6.07 Å². The highest BCUT2D eigenvalue weighted by Gasteiger charge is 2.17. The van der Waals surface area contributed by atoms with Crippen molar-refractivity contribution < 1.29 is 4.39 Å². The monoisotopic (exact) mass is 396 g/mol. The fraction of sp³-hybridized carbons (Fsp3) is 0.294. The molecule has 0 radical (unpaired) electrons. The third-order valence-corrected chi connectivity index (χ3v) is 5.41. The molecule has 1 aliphatic rings. The lowest BCUT2D eigenvalue weighted by atomic mass is 9.89. The lowest BCUT2D eigenvalue weighted by molar-refractivity contribution is 0.613. The minimum atomic E-state index is -0.173. The summed E-state index contributed by atoms with van der Waals surface area (Å²) in [6.07, 6.45) is 4.86. The van der Waals surface area contributed by atoms with Gasteiger partial charge >= 0.3 is 0 Å². The van der Waals surface area contributed by atoms with E-state index in [1.165, 1.54) is 36.5 Å². The summed E-state index contributed by atoms with van der Waals surface area (Å²) in [5.74, 6) is -0.173. The van der Waals surface area contributed by atoms with Gasteiger partial charge in [0.2, 0.25) is 0 Å². The van der Waals surface area contributed by atoms with E-state index in [1.807, 2.05) is 6.07 Å². The van der Waals surface area contributed by atoms with E-state index >= 15 is 0 Å². The van der Waals surface area contributed by atoms with Crippen molar-refractivity contribution in [3.63, 3.8) is 0 Å². The smallest absolute Gasteiger partial charge is 0.127 e. The third kappa shape index (κ3) is 2.84. The average Bonchev–Trinajstić information content (AvgIpc) is 2.48. The Labute approximate surface area is 135 Å². The molecule has 0 saturated heterocycles. The molecule has 0 heterocycles. The quantitative estimate of drug-likeness (QED) is 0.549. The van der Waals surface area contributed by atoms with Crippen LogP contribution in [0.4, 0.5) is 4.39 Å². The SMILES string of the molecule is Fc1ccc(Br)cc1C(Br)c1ccc2c(c1)CCCC2. The summed E-state index contributed by atoms with van der Waals surface area (Å²) in [5.41, 5.74) is 4.68. The molecule has 0 bridgehead atoms. The van der Waals surface area contributed by atoms with Crippen molar-refractivity contribution in [3.05, 3.63) is 68.9 Å².